The van der Waals surface area contributed by atoms with Crippen LogP contribution in [-0.2, 0) is 11.2 Å². The Morgan fingerprint density at radius 1 is 1.21 bits per heavy atom. The highest BCUT2D eigenvalue weighted by Gasteiger charge is 2.11. The van der Waals surface area contributed by atoms with Crippen LogP contribution in [0.4, 0.5) is 0 Å². The first-order chi connectivity index (χ1) is 11.6. The summed E-state index contributed by atoms with van der Waals surface area (Å²) in [5, 5.41) is 16.7. The zero-order valence-corrected chi connectivity index (χ0v) is 13.4. The van der Waals surface area contributed by atoms with E-state index in [0.29, 0.717) is 0 Å². The van der Waals surface area contributed by atoms with Crippen molar-refractivity contribution in [2.45, 2.75) is 19.4 Å². The van der Waals surface area contributed by atoms with Gasteiger partial charge in [0.2, 0.25) is 5.91 Å². The van der Waals surface area contributed by atoms with Crippen molar-refractivity contribution in [2.24, 2.45) is 0 Å². The van der Waals surface area contributed by atoms with Gasteiger partial charge in [-0.3, -0.25) is 4.79 Å². The number of nitrogens with one attached hydrogen (secondary N) is 1. The monoisotopic (exact) mass is 321 g/mol. The smallest absolute Gasteiger partial charge is 0.224 e. The van der Waals surface area contributed by atoms with Crippen molar-refractivity contribution in [1.82, 2.24) is 15.1 Å². The fraction of sp³-hybridized carbons (Fsp3) is 0.158. The first-order valence-electron chi connectivity index (χ1n) is 7.79. The van der Waals surface area contributed by atoms with Gasteiger partial charge >= 0.3 is 0 Å². The average Bonchev–Trinajstić information content (AvgIpc) is 3.09. The van der Waals surface area contributed by atoms with Crippen LogP contribution in [0.1, 0.15) is 24.1 Å². The lowest BCUT2D eigenvalue weighted by molar-refractivity contribution is -0.121. The number of aromatic hydroxyl groups is 1. The Labute approximate surface area is 140 Å². The highest BCUT2D eigenvalue weighted by atomic mass is 16.3. The number of amides is 1. The number of aromatic nitrogens is 2. The van der Waals surface area contributed by atoms with Gasteiger partial charge in [0.25, 0.3) is 0 Å². The van der Waals surface area contributed by atoms with Gasteiger partial charge in [0.05, 0.1) is 18.2 Å². The normalized spacial score (nSPS) is 11.9. The minimum Gasteiger partial charge on any atom is -0.508 e. The third kappa shape index (κ3) is 3.81. The van der Waals surface area contributed by atoms with E-state index in [1.807, 2.05) is 49.5 Å². The minimum atomic E-state index is -0.120. The Morgan fingerprint density at radius 2 is 2.04 bits per heavy atom. The first kappa shape index (κ1) is 15.8. The molecule has 2 aromatic carbocycles. The van der Waals surface area contributed by atoms with Crippen LogP contribution in [0, 0.1) is 0 Å². The summed E-state index contributed by atoms with van der Waals surface area (Å²) in [5.74, 6) is 0.0814. The molecular weight excluding hydrogens is 302 g/mol. The predicted octanol–water partition coefficient (Wildman–Crippen LogP) is 3.00. The minimum absolute atomic E-state index is 0.0856. The van der Waals surface area contributed by atoms with E-state index in [-0.39, 0.29) is 24.1 Å². The van der Waals surface area contributed by atoms with Crippen molar-refractivity contribution in [2.75, 3.05) is 0 Å². The van der Waals surface area contributed by atoms with E-state index in [1.165, 1.54) is 0 Å². The number of hydrogen-bond donors (Lipinski definition) is 2. The molecule has 0 aliphatic heterocycles. The van der Waals surface area contributed by atoms with Crippen molar-refractivity contribution in [3.63, 3.8) is 0 Å². The predicted molar refractivity (Wildman–Crippen MR) is 91.9 cm³/mol. The number of carbonyl (C=O) groups is 1. The zero-order chi connectivity index (χ0) is 16.9. The molecule has 3 aromatic rings. The highest BCUT2D eigenvalue weighted by molar-refractivity contribution is 5.79. The summed E-state index contributed by atoms with van der Waals surface area (Å²) >= 11 is 0. The van der Waals surface area contributed by atoms with Crippen molar-refractivity contribution >= 4 is 5.91 Å². The molecule has 0 aliphatic carbocycles. The molecule has 0 saturated carbocycles. The van der Waals surface area contributed by atoms with E-state index >= 15 is 0 Å². The number of hydrogen-bond acceptors (Lipinski definition) is 3. The second kappa shape index (κ2) is 7.00. The summed E-state index contributed by atoms with van der Waals surface area (Å²) in [4.78, 5) is 12.2. The maximum atomic E-state index is 12.2. The molecule has 5 heteroatoms. The SMILES string of the molecule is C[C@@H](NC(=O)Cc1cccc(O)c1)c1cccc(-n2cccn2)c1. The fourth-order valence-electron chi connectivity index (χ4n) is 2.59. The highest BCUT2D eigenvalue weighted by Crippen LogP contribution is 2.17. The second-order valence-electron chi connectivity index (χ2n) is 5.68. The molecule has 0 radical (unpaired) electrons. The molecule has 1 atom stereocenters. The number of phenolic OH excluding ortho intramolecular Hbond substituents is 1. The van der Waals surface area contributed by atoms with Gasteiger partial charge in [-0.15, -0.1) is 0 Å². The lowest BCUT2D eigenvalue weighted by Crippen LogP contribution is -2.28. The van der Waals surface area contributed by atoms with E-state index in [1.54, 1.807) is 29.1 Å². The van der Waals surface area contributed by atoms with E-state index < -0.39 is 0 Å². The lowest BCUT2D eigenvalue weighted by Gasteiger charge is -2.15. The van der Waals surface area contributed by atoms with Gasteiger partial charge < -0.3 is 10.4 Å². The van der Waals surface area contributed by atoms with Gasteiger partial charge in [0, 0.05) is 12.4 Å². The van der Waals surface area contributed by atoms with Crippen molar-refractivity contribution in [3.8, 4) is 11.4 Å². The second-order valence-corrected chi connectivity index (χ2v) is 5.68. The maximum Gasteiger partial charge on any atom is 0.224 e. The molecule has 0 unspecified atom stereocenters. The average molecular weight is 321 g/mol. The van der Waals surface area contributed by atoms with E-state index in [2.05, 4.69) is 10.4 Å². The fourth-order valence-corrected chi connectivity index (χ4v) is 2.59. The Balaban J connectivity index is 1.67. The topological polar surface area (TPSA) is 67.2 Å². The number of phenols is 1. The zero-order valence-electron chi connectivity index (χ0n) is 13.4. The molecule has 122 valence electrons. The molecule has 1 aromatic heterocycles. The molecular formula is C19H19N3O2. The third-order valence-corrected chi connectivity index (χ3v) is 3.79. The summed E-state index contributed by atoms with van der Waals surface area (Å²) in [7, 11) is 0. The van der Waals surface area contributed by atoms with Crippen LogP contribution >= 0.6 is 0 Å². The number of nitrogens with zero attached hydrogens (tertiary/aromatic N) is 2. The summed E-state index contributed by atoms with van der Waals surface area (Å²) in [6.07, 6.45) is 3.84. The standard InChI is InChI=1S/C19H19N3O2/c1-14(21-19(24)12-15-5-2-8-18(23)11-15)16-6-3-7-17(13-16)22-10-4-9-20-22/h2-11,13-14,23H,12H2,1H3,(H,21,24)/t14-/m1/s1. The van der Waals surface area contributed by atoms with Crippen LogP contribution in [0.3, 0.4) is 0 Å². The first-order valence-corrected chi connectivity index (χ1v) is 7.79. The molecule has 1 amide bonds. The van der Waals surface area contributed by atoms with Crippen molar-refractivity contribution in [3.05, 3.63) is 78.1 Å². The van der Waals surface area contributed by atoms with Gasteiger partial charge in [0.15, 0.2) is 0 Å². The van der Waals surface area contributed by atoms with Crippen LogP contribution in [0.15, 0.2) is 67.0 Å². The molecule has 0 saturated heterocycles. The van der Waals surface area contributed by atoms with Gasteiger partial charge in [0.1, 0.15) is 5.75 Å². The van der Waals surface area contributed by atoms with Crippen LogP contribution in [0.25, 0.3) is 5.69 Å². The van der Waals surface area contributed by atoms with Gasteiger partial charge in [-0.2, -0.15) is 5.10 Å². The molecule has 0 fully saturated rings. The lowest BCUT2D eigenvalue weighted by atomic mass is 10.1. The number of benzene rings is 2. The summed E-state index contributed by atoms with van der Waals surface area (Å²) in [6, 6.07) is 16.4. The molecule has 0 aliphatic rings. The van der Waals surface area contributed by atoms with Crippen LogP contribution in [-0.4, -0.2) is 20.8 Å². The molecule has 2 N–H and O–H groups in total. The van der Waals surface area contributed by atoms with Crippen molar-refractivity contribution < 1.29 is 9.90 Å². The molecule has 0 spiro atoms. The van der Waals surface area contributed by atoms with Gasteiger partial charge in [-0.05, 0) is 48.4 Å². The quantitative estimate of drug-likeness (QED) is 0.759. The van der Waals surface area contributed by atoms with Crippen LogP contribution < -0.4 is 5.32 Å². The van der Waals surface area contributed by atoms with Crippen molar-refractivity contribution in [1.29, 1.82) is 0 Å². The van der Waals surface area contributed by atoms with Crippen LogP contribution in [0.2, 0.25) is 0 Å². The number of rotatable bonds is 5. The van der Waals surface area contributed by atoms with E-state index in [4.69, 9.17) is 0 Å². The Hall–Kier alpha value is -3.08. The van der Waals surface area contributed by atoms with Gasteiger partial charge in [-0.1, -0.05) is 24.3 Å². The molecule has 24 heavy (non-hydrogen) atoms. The molecule has 0 bridgehead atoms. The molecule has 5 nitrogen and oxygen atoms in total. The summed E-state index contributed by atoms with van der Waals surface area (Å²) in [5.41, 5.74) is 2.74. The number of carbonyl (C=O) groups excluding carboxylic acids is 1. The molecule has 1 heterocycles. The Morgan fingerprint density at radius 3 is 2.79 bits per heavy atom. The Bertz CT molecular complexity index is 828. The maximum absolute atomic E-state index is 12.2. The van der Waals surface area contributed by atoms with Gasteiger partial charge in [-0.25, -0.2) is 4.68 Å². The summed E-state index contributed by atoms with van der Waals surface area (Å²) in [6.45, 7) is 1.95. The summed E-state index contributed by atoms with van der Waals surface area (Å²) < 4.78 is 1.78. The van der Waals surface area contributed by atoms with Crippen LogP contribution in [0.5, 0.6) is 5.75 Å². The van der Waals surface area contributed by atoms with E-state index in [0.717, 1.165) is 16.8 Å². The third-order valence-electron chi connectivity index (χ3n) is 3.79. The van der Waals surface area contributed by atoms with E-state index in [9.17, 15) is 9.90 Å². The molecule has 3 rings (SSSR count). The Kier molecular flexibility index (Phi) is 4.61. The largest absolute Gasteiger partial charge is 0.508 e.